The molecule has 3 rings (SSSR count). The maximum Gasteiger partial charge on any atom is 0.352 e. The number of aromatic nitrogens is 1. The number of carbonyl (C=O) groups excluding carboxylic acids is 1. The van der Waals surface area contributed by atoms with Crippen molar-refractivity contribution in [2.24, 2.45) is 0 Å². The number of carbonyl (C=O) groups is 1. The first kappa shape index (κ1) is 13.5. The highest BCUT2D eigenvalue weighted by Gasteiger charge is 2.28. The third kappa shape index (κ3) is 2.19. The number of fused-ring (bicyclic) bond motifs is 3. The van der Waals surface area contributed by atoms with E-state index in [1.165, 1.54) is 17.4 Å². The Morgan fingerprint density at radius 1 is 1.50 bits per heavy atom. The minimum absolute atomic E-state index is 0.471. The third-order valence-electron chi connectivity index (χ3n) is 3.25. The second-order valence-electron chi connectivity index (χ2n) is 4.53. The van der Waals surface area contributed by atoms with Crippen LogP contribution in [0.5, 0.6) is 5.75 Å². The van der Waals surface area contributed by atoms with Gasteiger partial charge in [-0.05, 0) is 18.1 Å². The smallest absolute Gasteiger partial charge is 0.287 e. The van der Waals surface area contributed by atoms with Gasteiger partial charge in [0.05, 0.1) is 5.69 Å². The van der Waals surface area contributed by atoms with Gasteiger partial charge in [-0.25, -0.2) is 9.78 Å². The number of thiol groups is 1. The van der Waals surface area contributed by atoms with Crippen LogP contribution in [-0.4, -0.2) is 11.0 Å². The molecule has 1 aliphatic rings. The molecule has 0 unspecified atom stereocenters. The lowest BCUT2D eigenvalue weighted by Crippen LogP contribution is -2.05. The van der Waals surface area contributed by atoms with Gasteiger partial charge in [0.2, 0.25) is 0 Å². The average Bonchev–Trinajstić information content (AvgIpc) is 2.92. The second-order valence-corrected chi connectivity index (χ2v) is 6.34. The molecule has 0 fully saturated rings. The summed E-state index contributed by atoms with van der Waals surface area (Å²) in [6.07, 6.45) is 1.66. The molecular weight excluding hydrogens is 294 g/mol. The standard InChI is InChI=1S/C14H13NO3S2/c1-3-8-4-5-10(18-17-7(2)16)9-6-11-13(12(8)9)15-14(19)20-11/h4-5H,3,6H2,1-2H3,(H,15,19). The normalized spacial score (nSPS) is 11.9. The Morgan fingerprint density at radius 3 is 3.00 bits per heavy atom. The van der Waals surface area contributed by atoms with Crippen LogP contribution in [0.2, 0.25) is 0 Å². The van der Waals surface area contributed by atoms with E-state index in [1.807, 2.05) is 12.1 Å². The van der Waals surface area contributed by atoms with Crippen LogP contribution in [0, 0.1) is 0 Å². The van der Waals surface area contributed by atoms with Crippen LogP contribution in [0.1, 0.15) is 29.9 Å². The first-order chi connectivity index (χ1) is 9.60. The monoisotopic (exact) mass is 307 g/mol. The topological polar surface area (TPSA) is 48.4 Å². The minimum atomic E-state index is -0.471. The summed E-state index contributed by atoms with van der Waals surface area (Å²) in [6, 6.07) is 3.84. The van der Waals surface area contributed by atoms with Crippen LogP contribution >= 0.6 is 24.0 Å². The van der Waals surface area contributed by atoms with E-state index < -0.39 is 5.97 Å². The van der Waals surface area contributed by atoms with E-state index in [1.54, 1.807) is 11.3 Å². The molecule has 1 aliphatic carbocycles. The van der Waals surface area contributed by atoms with Crippen LogP contribution in [0.4, 0.5) is 0 Å². The fourth-order valence-corrected chi connectivity index (χ4v) is 3.69. The molecule has 104 valence electrons. The number of rotatable bonds is 3. The maximum absolute atomic E-state index is 10.9. The summed E-state index contributed by atoms with van der Waals surface area (Å²) in [5.41, 5.74) is 4.34. The summed E-state index contributed by atoms with van der Waals surface area (Å²) >= 11 is 5.89. The molecule has 4 nitrogen and oxygen atoms in total. The van der Waals surface area contributed by atoms with Gasteiger partial charge >= 0.3 is 5.97 Å². The molecule has 0 spiro atoms. The zero-order chi connectivity index (χ0) is 14.3. The van der Waals surface area contributed by atoms with Gasteiger partial charge in [0, 0.05) is 29.3 Å². The Balaban J connectivity index is 2.08. The number of thiazole rings is 1. The largest absolute Gasteiger partial charge is 0.352 e. The van der Waals surface area contributed by atoms with Crippen molar-refractivity contribution in [3.05, 3.63) is 28.1 Å². The van der Waals surface area contributed by atoms with E-state index in [0.717, 1.165) is 34.0 Å². The van der Waals surface area contributed by atoms with Crippen molar-refractivity contribution >= 4 is 29.9 Å². The Hall–Kier alpha value is -1.53. The van der Waals surface area contributed by atoms with Crippen LogP contribution in [0.15, 0.2) is 16.5 Å². The summed E-state index contributed by atoms with van der Waals surface area (Å²) in [5.74, 6) is 0.111. The Bertz CT molecular complexity index is 694. The molecule has 0 atom stereocenters. The molecule has 0 aliphatic heterocycles. The van der Waals surface area contributed by atoms with Crippen LogP contribution in [-0.2, 0) is 22.5 Å². The van der Waals surface area contributed by atoms with Crippen LogP contribution in [0.3, 0.4) is 0 Å². The van der Waals surface area contributed by atoms with Gasteiger partial charge in [-0.1, -0.05) is 13.0 Å². The molecule has 0 amide bonds. The van der Waals surface area contributed by atoms with Gasteiger partial charge in [0.15, 0.2) is 5.75 Å². The molecule has 1 heterocycles. The molecule has 0 radical (unpaired) electrons. The van der Waals surface area contributed by atoms with Gasteiger partial charge in [-0.3, -0.25) is 9.78 Å². The predicted molar refractivity (Wildman–Crippen MR) is 79.4 cm³/mol. The first-order valence-electron chi connectivity index (χ1n) is 6.29. The highest BCUT2D eigenvalue weighted by Crippen LogP contribution is 2.46. The zero-order valence-electron chi connectivity index (χ0n) is 11.1. The van der Waals surface area contributed by atoms with Gasteiger partial charge in [0.25, 0.3) is 0 Å². The Labute approximate surface area is 126 Å². The number of benzene rings is 1. The van der Waals surface area contributed by atoms with Crippen LogP contribution < -0.4 is 4.89 Å². The average molecular weight is 307 g/mol. The highest BCUT2D eigenvalue weighted by molar-refractivity contribution is 7.82. The van der Waals surface area contributed by atoms with Crippen LogP contribution in [0.25, 0.3) is 11.3 Å². The van der Waals surface area contributed by atoms with E-state index >= 15 is 0 Å². The molecule has 0 saturated carbocycles. The molecule has 0 bridgehead atoms. The van der Waals surface area contributed by atoms with Crippen molar-refractivity contribution in [2.45, 2.75) is 31.0 Å². The van der Waals surface area contributed by atoms with Gasteiger partial charge < -0.3 is 0 Å². The zero-order valence-corrected chi connectivity index (χ0v) is 12.8. The lowest BCUT2D eigenvalue weighted by Gasteiger charge is -2.11. The van der Waals surface area contributed by atoms with Crippen molar-refractivity contribution in [3.8, 4) is 17.0 Å². The molecule has 0 saturated heterocycles. The molecular formula is C14H13NO3S2. The summed E-state index contributed by atoms with van der Waals surface area (Å²) in [5, 5.41) is 0. The van der Waals surface area contributed by atoms with Gasteiger partial charge in [-0.2, -0.15) is 0 Å². The van der Waals surface area contributed by atoms with Crippen molar-refractivity contribution in [3.63, 3.8) is 0 Å². The fraction of sp³-hybridized carbons (Fsp3) is 0.286. The minimum Gasteiger partial charge on any atom is -0.287 e. The quantitative estimate of drug-likeness (QED) is 0.457. The predicted octanol–water partition coefficient (Wildman–Crippen LogP) is 3.42. The van der Waals surface area contributed by atoms with Crippen molar-refractivity contribution in [1.82, 2.24) is 4.98 Å². The van der Waals surface area contributed by atoms with Gasteiger partial charge in [0.1, 0.15) is 4.34 Å². The van der Waals surface area contributed by atoms with E-state index in [2.05, 4.69) is 29.4 Å². The summed E-state index contributed by atoms with van der Waals surface area (Å²) < 4.78 is 0.772. The SMILES string of the molecule is CCc1ccc(OOC(C)=O)c2c1-c1nc(S)sc1C2. The van der Waals surface area contributed by atoms with E-state index in [9.17, 15) is 4.79 Å². The second kappa shape index (κ2) is 5.10. The van der Waals surface area contributed by atoms with E-state index in [0.29, 0.717) is 5.75 Å². The number of aryl methyl sites for hydroxylation is 1. The molecule has 2 aromatic rings. The molecule has 1 aromatic carbocycles. The van der Waals surface area contributed by atoms with Gasteiger partial charge in [-0.15, -0.1) is 24.0 Å². The Kier molecular flexibility index (Phi) is 3.43. The van der Waals surface area contributed by atoms with Crippen molar-refractivity contribution in [1.29, 1.82) is 0 Å². The van der Waals surface area contributed by atoms with E-state index in [4.69, 9.17) is 4.89 Å². The molecule has 6 heteroatoms. The molecule has 0 N–H and O–H groups in total. The maximum atomic E-state index is 10.9. The number of hydrogen-bond acceptors (Lipinski definition) is 6. The summed E-state index contributed by atoms with van der Waals surface area (Å²) in [7, 11) is 0. The summed E-state index contributed by atoms with van der Waals surface area (Å²) in [4.78, 5) is 26.4. The van der Waals surface area contributed by atoms with Crippen molar-refractivity contribution < 1.29 is 14.6 Å². The lowest BCUT2D eigenvalue weighted by atomic mass is 10.00. The third-order valence-corrected chi connectivity index (χ3v) is 4.48. The fourth-order valence-electron chi connectivity index (χ4n) is 2.44. The highest BCUT2D eigenvalue weighted by atomic mass is 32.2. The number of nitrogens with zero attached hydrogens (tertiary/aromatic N) is 1. The van der Waals surface area contributed by atoms with Crippen molar-refractivity contribution in [2.75, 3.05) is 0 Å². The molecule has 20 heavy (non-hydrogen) atoms. The van der Waals surface area contributed by atoms with E-state index in [-0.39, 0.29) is 0 Å². The lowest BCUT2D eigenvalue weighted by molar-refractivity contribution is -0.211. The Morgan fingerprint density at radius 2 is 2.30 bits per heavy atom. The molecule has 1 aromatic heterocycles. The number of hydrogen-bond donors (Lipinski definition) is 1. The summed E-state index contributed by atoms with van der Waals surface area (Å²) in [6.45, 7) is 3.42. The first-order valence-corrected chi connectivity index (χ1v) is 7.55.